The number of benzene rings is 1. The van der Waals surface area contributed by atoms with Gasteiger partial charge in [0.1, 0.15) is 5.60 Å². The van der Waals surface area contributed by atoms with Crippen molar-refractivity contribution in [2.75, 3.05) is 25.4 Å². The van der Waals surface area contributed by atoms with Gasteiger partial charge in [-0.1, -0.05) is 18.2 Å². The van der Waals surface area contributed by atoms with Crippen LogP contribution in [0.3, 0.4) is 0 Å². The number of β-amino-alcohol motifs (C(OH)–C–C–N with tert-alkyl or cyclic N) is 1. The first-order valence-corrected chi connectivity index (χ1v) is 9.36. The van der Waals surface area contributed by atoms with Crippen molar-refractivity contribution >= 4 is 28.6 Å². The summed E-state index contributed by atoms with van der Waals surface area (Å²) in [5.41, 5.74) is 0.0409. The molecule has 130 valence electrons. The Balaban J connectivity index is 1.69. The summed E-state index contributed by atoms with van der Waals surface area (Å²) in [6, 6.07) is 8.22. The van der Waals surface area contributed by atoms with Gasteiger partial charge in [-0.05, 0) is 25.8 Å². The van der Waals surface area contributed by atoms with Gasteiger partial charge in [0.2, 0.25) is 5.91 Å². The zero-order chi connectivity index (χ0) is 17.2. The van der Waals surface area contributed by atoms with E-state index in [0.29, 0.717) is 18.7 Å². The molecule has 1 atom stereocenters. The van der Waals surface area contributed by atoms with Gasteiger partial charge in [-0.2, -0.15) is 0 Å². The molecular formula is C18H24N2O3S. The maximum absolute atomic E-state index is 12.5. The molecule has 0 radical (unpaired) electrons. The molecule has 3 rings (SSSR count). The maximum Gasteiger partial charge on any atom is 0.233 e. The minimum atomic E-state index is -1.14. The third-order valence-corrected chi connectivity index (χ3v) is 5.67. The van der Waals surface area contributed by atoms with E-state index in [1.165, 1.54) is 22.7 Å². The zero-order valence-electron chi connectivity index (χ0n) is 13.9. The summed E-state index contributed by atoms with van der Waals surface area (Å²) in [7, 11) is 0. The number of likely N-dealkylation sites (tertiary alicyclic amines) is 1. The lowest BCUT2D eigenvalue weighted by Crippen LogP contribution is -2.52. The number of aryl methyl sites for hydroxylation is 1. The van der Waals surface area contributed by atoms with Gasteiger partial charge in [-0.15, -0.1) is 11.8 Å². The van der Waals surface area contributed by atoms with Crippen molar-refractivity contribution in [1.82, 2.24) is 9.47 Å². The standard InChI is InChI=1S/C18H24N2O3S/c1-2-19-10-16(14-6-3-4-7-15(14)19)24-11-17(22)20-9-5-8-18(23,12-20)13-21/h3-4,6-7,10,21,23H,2,5,8-9,11-13H2,1H3/t18-/m0/s1. The summed E-state index contributed by atoms with van der Waals surface area (Å²) >= 11 is 1.54. The van der Waals surface area contributed by atoms with Gasteiger partial charge in [0, 0.05) is 35.1 Å². The van der Waals surface area contributed by atoms with E-state index in [-0.39, 0.29) is 19.1 Å². The number of thioether (sulfide) groups is 1. The van der Waals surface area contributed by atoms with Crippen LogP contribution in [0.25, 0.3) is 10.9 Å². The smallest absolute Gasteiger partial charge is 0.233 e. The molecule has 0 unspecified atom stereocenters. The summed E-state index contributed by atoms with van der Waals surface area (Å²) in [6.07, 6.45) is 3.37. The van der Waals surface area contributed by atoms with Gasteiger partial charge < -0.3 is 19.7 Å². The van der Waals surface area contributed by atoms with Gasteiger partial charge in [-0.25, -0.2) is 0 Å². The third-order valence-electron chi connectivity index (χ3n) is 4.65. The average molecular weight is 348 g/mol. The summed E-state index contributed by atoms with van der Waals surface area (Å²) < 4.78 is 2.19. The molecule has 1 aliphatic rings. The molecule has 0 bridgehead atoms. The number of nitrogens with zero attached hydrogens (tertiary/aromatic N) is 2. The fourth-order valence-corrected chi connectivity index (χ4v) is 4.27. The Bertz CT molecular complexity index is 730. The number of hydrogen-bond acceptors (Lipinski definition) is 4. The molecule has 1 aromatic carbocycles. The first kappa shape index (κ1) is 17.3. The van der Waals surface area contributed by atoms with Crippen molar-refractivity contribution < 1.29 is 15.0 Å². The van der Waals surface area contributed by atoms with Crippen molar-refractivity contribution in [1.29, 1.82) is 0 Å². The Morgan fingerprint density at radius 3 is 2.92 bits per heavy atom. The van der Waals surface area contributed by atoms with E-state index in [2.05, 4.69) is 29.8 Å². The molecule has 6 heteroatoms. The van der Waals surface area contributed by atoms with Crippen LogP contribution in [0.1, 0.15) is 19.8 Å². The molecule has 0 aliphatic carbocycles. The summed E-state index contributed by atoms with van der Waals surface area (Å²) in [5, 5.41) is 20.7. The van der Waals surface area contributed by atoms with Crippen LogP contribution in [0.15, 0.2) is 35.4 Å². The molecule has 2 heterocycles. The Hall–Kier alpha value is -1.50. The fraction of sp³-hybridized carbons (Fsp3) is 0.500. The molecule has 24 heavy (non-hydrogen) atoms. The number of aliphatic hydroxyl groups excluding tert-OH is 1. The molecule has 1 aliphatic heterocycles. The largest absolute Gasteiger partial charge is 0.393 e. The summed E-state index contributed by atoms with van der Waals surface area (Å²) in [5.74, 6) is 0.360. The Morgan fingerprint density at radius 2 is 2.17 bits per heavy atom. The highest BCUT2D eigenvalue weighted by molar-refractivity contribution is 8.00. The number of amides is 1. The van der Waals surface area contributed by atoms with E-state index in [9.17, 15) is 15.0 Å². The molecular weight excluding hydrogens is 324 g/mol. The van der Waals surface area contributed by atoms with E-state index in [1.54, 1.807) is 4.90 Å². The number of aliphatic hydroxyl groups is 2. The van der Waals surface area contributed by atoms with E-state index in [4.69, 9.17) is 0 Å². The van der Waals surface area contributed by atoms with E-state index >= 15 is 0 Å². The first-order valence-electron chi connectivity index (χ1n) is 8.38. The van der Waals surface area contributed by atoms with Crippen LogP contribution in [0.4, 0.5) is 0 Å². The van der Waals surface area contributed by atoms with Gasteiger partial charge in [-0.3, -0.25) is 4.79 Å². The minimum absolute atomic E-state index is 0.0138. The summed E-state index contributed by atoms with van der Waals surface area (Å²) in [6.45, 7) is 3.58. The molecule has 1 saturated heterocycles. The zero-order valence-corrected chi connectivity index (χ0v) is 14.8. The van der Waals surface area contributed by atoms with Crippen LogP contribution >= 0.6 is 11.8 Å². The normalized spacial score (nSPS) is 21.4. The minimum Gasteiger partial charge on any atom is -0.393 e. The Kier molecular flexibility index (Phi) is 5.18. The van der Waals surface area contributed by atoms with Crippen LogP contribution < -0.4 is 0 Å². The highest BCUT2D eigenvalue weighted by Gasteiger charge is 2.34. The second-order valence-electron chi connectivity index (χ2n) is 6.39. The lowest BCUT2D eigenvalue weighted by molar-refractivity contribution is -0.137. The lowest BCUT2D eigenvalue weighted by Gasteiger charge is -2.38. The second kappa shape index (κ2) is 7.17. The van der Waals surface area contributed by atoms with Gasteiger partial charge in [0.05, 0.1) is 18.9 Å². The number of hydrogen-bond donors (Lipinski definition) is 2. The van der Waals surface area contributed by atoms with E-state index in [1.807, 2.05) is 12.1 Å². The van der Waals surface area contributed by atoms with Gasteiger partial charge in [0.25, 0.3) is 0 Å². The molecule has 1 aromatic heterocycles. The lowest BCUT2D eigenvalue weighted by atomic mass is 9.94. The predicted molar refractivity (Wildman–Crippen MR) is 96.2 cm³/mol. The number of carbonyl (C=O) groups excluding carboxylic acids is 1. The van der Waals surface area contributed by atoms with Crippen LogP contribution in [-0.4, -0.2) is 56.6 Å². The number of rotatable bonds is 5. The molecule has 0 saturated carbocycles. The van der Waals surface area contributed by atoms with Crippen LogP contribution in [0.5, 0.6) is 0 Å². The predicted octanol–water partition coefficient (Wildman–Crippen LogP) is 2.10. The maximum atomic E-state index is 12.5. The van der Waals surface area contributed by atoms with Crippen LogP contribution in [-0.2, 0) is 11.3 Å². The monoisotopic (exact) mass is 348 g/mol. The van der Waals surface area contributed by atoms with Crippen molar-refractivity contribution in [2.45, 2.75) is 36.8 Å². The molecule has 1 fully saturated rings. The average Bonchev–Trinajstić information content (AvgIpc) is 2.98. The number of fused-ring (bicyclic) bond motifs is 1. The molecule has 0 spiro atoms. The SMILES string of the molecule is CCn1cc(SCC(=O)N2CCC[C@@](O)(CO)C2)c2ccccc21. The van der Waals surface area contributed by atoms with Crippen molar-refractivity contribution in [2.24, 2.45) is 0 Å². The van der Waals surface area contributed by atoms with Crippen molar-refractivity contribution in [3.8, 4) is 0 Å². The van der Waals surface area contributed by atoms with Crippen LogP contribution in [0, 0.1) is 0 Å². The highest BCUT2D eigenvalue weighted by atomic mass is 32.2. The Labute approximate surface area is 146 Å². The molecule has 2 N–H and O–H groups in total. The number of piperidine rings is 1. The van der Waals surface area contributed by atoms with Gasteiger partial charge in [0.15, 0.2) is 0 Å². The molecule has 2 aromatic rings. The van der Waals surface area contributed by atoms with Crippen molar-refractivity contribution in [3.63, 3.8) is 0 Å². The Morgan fingerprint density at radius 1 is 1.38 bits per heavy atom. The molecule has 5 nitrogen and oxygen atoms in total. The summed E-state index contributed by atoms with van der Waals surface area (Å²) in [4.78, 5) is 15.3. The number of para-hydroxylation sites is 1. The topological polar surface area (TPSA) is 65.7 Å². The van der Waals surface area contributed by atoms with Crippen LogP contribution in [0.2, 0.25) is 0 Å². The fourth-order valence-electron chi connectivity index (χ4n) is 3.27. The second-order valence-corrected chi connectivity index (χ2v) is 7.40. The highest BCUT2D eigenvalue weighted by Crippen LogP contribution is 2.30. The third kappa shape index (κ3) is 3.45. The van der Waals surface area contributed by atoms with E-state index in [0.717, 1.165) is 17.9 Å². The first-order chi connectivity index (χ1) is 11.6. The van der Waals surface area contributed by atoms with Gasteiger partial charge >= 0.3 is 0 Å². The number of carbonyl (C=O) groups is 1. The molecule has 1 amide bonds. The number of aromatic nitrogens is 1. The quantitative estimate of drug-likeness (QED) is 0.812. The van der Waals surface area contributed by atoms with E-state index < -0.39 is 5.60 Å². The van der Waals surface area contributed by atoms with Crippen molar-refractivity contribution in [3.05, 3.63) is 30.5 Å².